The van der Waals surface area contributed by atoms with Crippen molar-refractivity contribution in [3.05, 3.63) is 34.9 Å². The van der Waals surface area contributed by atoms with Crippen LogP contribution in [0.5, 0.6) is 0 Å². The van der Waals surface area contributed by atoms with Crippen molar-refractivity contribution >= 4 is 23.5 Å². The molecule has 0 aliphatic rings. The second-order valence-electron chi connectivity index (χ2n) is 7.26. The van der Waals surface area contributed by atoms with Crippen LogP contribution in [0.2, 0.25) is 5.02 Å². The van der Waals surface area contributed by atoms with E-state index in [9.17, 15) is 9.59 Å². The van der Waals surface area contributed by atoms with Gasteiger partial charge in [-0.3, -0.25) is 4.79 Å². The van der Waals surface area contributed by atoms with Gasteiger partial charge in [0.1, 0.15) is 0 Å². The highest BCUT2D eigenvalue weighted by Crippen LogP contribution is 2.26. The van der Waals surface area contributed by atoms with E-state index < -0.39 is 5.97 Å². The average molecular weight is 326 g/mol. The van der Waals surface area contributed by atoms with E-state index in [4.69, 9.17) is 16.3 Å². The summed E-state index contributed by atoms with van der Waals surface area (Å²) < 4.78 is 5.01. The van der Waals surface area contributed by atoms with E-state index in [2.05, 4.69) is 26.1 Å². The monoisotopic (exact) mass is 325 g/mol. The van der Waals surface area contributed by atoms with Crippen LogP contribution >= 0.6 is 11.6 Å². The number of hydrogen-bond donors (Lipinski definition) is 1. The fraction of sp³-hybridized carbons (Fsp3) is 0.529. The first-order chi connectivity index (χ1) is 9.98. The normalized spacial score (nSPS) is 11.9. The summed E-state index contributed by atoms with van der Waals surface area (Å²) in [6.07, 6.45) is 0.813. The molecule has 0 fully saturated rings. The van der Waals surface area contributed by atoms with E-state index in [0.29, 0.717) is 10.6 Å². The van der Waals surface area contributed by atoms with Gasteiger partial charge in [-0.05, 0) is 43.9 Å². The Morgan fingerprint density at radius 3 is 2.36 bits per heavy atom. The van der Waals surface area contributed by atoms with Crippen molar-refractivity contribution in [3.63, 3.8) is 0 Å². The highest BCUT2D eigenvalue weighted by molar-refractivity contribution is 6.30. The quantitative estimate of drug-likeness (QED) is 0.837. The zero-order chi connectivity index (χ0) is 17.0. The number of carbonyl (C=O) groups excluding carboxylic acids is 2. The Labute approximate surface area is 137 Å². The Morgan fingerprint density at radius 2 is 1.82 bits per heavy atom. The lowest BCUT2D eigenvalue weighted by Crippen LogP contribution is -2.47. The predicted octanol–water partition coefficient (Wildman–Crippen LogP) is 3.83. The molecular formula is C17H24ClNO3. The largest absolute Gasteiger partial charge is 0.452 e. The van der Waals surface area contributed by atoms with Gasteiger partial charge < -0.3 is 10.1 Å². The third-order valence-electron chi connectivity index (χ3n) is 2.84. The minimum atomic E-state index is -0.564. The van der Waals surface area contributed by atoms with Crippen molar-refractivity contribution in [1.29, 1.82) is 0 Å². The van der Waals surface area contributed by atoms with Crippen molar-refractivity contribution in [2.45, 2.75) is 46.6 Å². The van der Waals surface area contributed by atoms with Gasteiger partial charge in [0.25, 0.3) is 5.91 Å². The van der Waals surface area contributed by atoms with Gasteiger partial charge in [-0.1, -0.05) is 38.4 Å². The molecule has 0 atom stereocenters. The zero-order valence-corrected chi connectivity index (χ0v) is 14.6. The number of ether oxygens (including phenoxy) is 1. The lowest BCUT2D eigenvalue weighted by atomic mass is 9.82. The molecule has 0 aromatic heterocycles. The molecule has 5 heteroatoms. The number of halogens is 1. The number of carbonyl (C=O) groups is 2. The highest BCUT2D eigenvalue weighted by Gasteiger charge is 2.27. The Morgan fingerprint density at radius 1 is 1.18 bits per heavy atom. The van der Waals surface area contributed by atoms with Crippen molar-refractivity contribution in [1.82, 2.24) is 5.32 Å². The standard InChI is InChI=1S/C17H24ClNO3/c1-16(2,3)11-17(4,5)19-14(20)10-22-15(21)12-7-6-8-13(18)9-12/h6-9H,10-11H2,1-5H3,(H,19,20). The summed E-state index contributed by atoms with van der Waals surface area (Å²) in [5.74, 6) is -0.879. The van der Waals surface area contributed by atoms with Crippen LogP contribution in [0.1, 0.15) is 51.4 Å². The first kappa shape index (κ1) is 18.5. The van der Waals surface area contributed by atoms with E-state index in [1.54, 1.807) is 18.2 Å². The summed E-state index contributed by atoms with van der Waals surface area (Å²) in [4.78, 5) is 23.8. The number of benzene rings is 1. The van der Waals surface area contributed by atoms with Crippen LogP contribution in [-0.4, -0.2) is 24.0 Å². The average Bonchev–Trinajstić information content (AvgIpc) is 2.32. The fourth-order valence-electron chi connectivity index (χ4n) is 2.61. The lowest BCUT2D eigenvalue weighted by molar-refractivity contribution is -0.126. The molecule has 0 aliphatic carbocycles. The second-order valence-corrected chi connectivity index (χ2v) is 7.69. The van der Waals surface area contributed by atoms with Gasteiger partial charge in [0.05, 0.1) is 5.56 Å². The van der Waals surface area contributed by atoms with Crippen molar-refractivity contribution in [2.24, 2.45) is 5.41 Å². The minimum absolute atomic E-state index is 0.0915. The summed E-state index contributed by atoms with van der Waals surface area (Å²) in [6, 6.07) is 6.42. The van der Waals surface area contributed by atoms with Gasteiger partial charge in [-0.2, -0.15) is 0 Å². The van der Waals surface area contributed by atoms with Crippen LogP contribution in [0.4, 0.5) is 0 Å². The van der Waals surface area contributed by atoms with Gasteiger partial charge in [0, 0.05) is 10.6 Å². The van der Waals surface area contributed by atoms with Crippen LogP contribution in [0.25, 0.3) is 0 Å². The fourth-order valence-corrected chi connectivity index (χ4v) is 2.80. The molecule has 0 unspecified atom stereocenters. The number of hydrogen-bond acceptors (Lipinski definition) is 3. The molecule has 0 spiro atoms. The zero-order valence-electron chi connectivity index (χ0n) is 13.8. The van der Waals surface area contributed by atoms with Crippen molar-refractivity contribution < 1.29 is 14.3 Å². The molecule has 22 heavy (non-hydrogen) atoms. The molecule has 1 N–H and O–H groups in total. The van der Waals surface area contributed by atoms with Gasteiger partial charge in [0.2, 0.25) is 0 Å². The summed E-state index contributed by atoms with van der Waals surface area (Å²) in [5, 5.41) is 3.34. The van der Waals surface area contributed by atoms with Gasteiger partial charge in [0.15, 0.2) is 6.61 Å². The highest BCUT2D eigenvalue weighted by atomic mass is 35.5. The van der Waals surface area contributed by atoms with Gasteiger partial charge >= 0.3 is 5.97 Å². The summed E-state index contributed by atoms with van der Waals surface area (Å²) in [6.45, 7) is 9.93. The topological polar surface area (TPSA) is 55.4 Å². The maximum Gasteiger partial charge on any atom is 0.338 e. The van der Waals surface area contributed by atoms with E-state index in [1.165, 1.54) is 6.07 Å². The first-order valence-corrected chi connectivity index (χ1v) is 7.60. The van der Waals surface area contributed by atoms with Gasteiger partial charge in [-0.25, -0.2) is 4.79 Å². The van der Waals surface area contributed by atoms with E-state index in [-0.39, 0.29) is 23.5 Å². The Balaban J connectivity index is 2.51. The Bertz CT molecular complexity index is 547. The van der Waals surface area contributed by atoms with E-state index in [0.717, 1.165) is 6.42 Å². The summed E-state index contributed by atoms with van der Waals surface area (Å²) in [7, 11) is 0. The third-order valence-corrected chi connectivity index (χ3v) is 3.08. The SMILES string of the molecule is CC(C)(C)CC(C)(C)NC(=O)COC(=O)c1cccc(Cl)c1. The molecule has 1 amide bonds. The molecule has 1 rings (SSSR count). The molecule has 122 valence electrons. The van der Waals surface area contributed by atoms with Crippen molar-refractivity contribution in [3.8, 4) is 0 Å². The van der Waals surface area contributed by atoms with Crippen LogP contribution < -0.4 is 5.32 Å². The van der Waals surface area contributed by atoms with Crippen LogP contribution in [0.3, 0.4) is 0 Å². The van der Waals surface area contributed by atoms with E-state index in [1.807, 2.05) is 13.8 Å². The van der Waals surface area contributed by atoms with E-state index >= 15 is 0 Å². The van der Waals surface area contributed by atoms with Gasteiger partial charge in [-0.15, -0.1) is 0 Å². The summed E-state index contributed by atoms with van der Waals surface area (Å²) in [5.41, 5.74) is 0.0562. The van der Waals surface area contributed by atoms with Crippen molar-refractivity contribution in [2.75, 3.05) is 6.61 Å². The molecular weight excluding hydrogens is 302 g/mol. The molecule has 0 saturated heterocycles. The molecule has 4 nitrogen and oxygen atoms in total. The maximum atomic E-state index is 11.9. The molecule has 1 aromatic rings. The molecule has 0 saturated carbocycles. The minimum Gasteiger partial charge on any atom is -0.452 e. The van der Waals surface area contributed by atoms with Crippen LogP contribution in [0, 0.1) is 5.41 Å². The predicted molar refractivity (Wildman–Crippen MR) is 88.0 cm³/mol. The first-order valence-electron chi connectivity index (χ1n) is 7.22. The van der Waals surface area contributed by atoms with Crippen LogP contribution in [-0.2, 0) is 9.53 Å². The number of rotatable bonds is 5. The van der Waals surface area contributed by atoms with Crippen LogP contribution in [0.15, 0.2) is 24.3 Å². The molecule has 1 aromatic carbocycles. The Hall–Kier alpha value is -1.55. The third kappa shape index (κ3) is 6.94. The second kappa shape index (κ2) is 7.14. The Kier molecular flexibility index (Phi) is 6.00. The number of esters is 1. The molecule has 0 bridgehead atoms. The smallest absolute Gasteiger partial charge is 0.338 e. The maximum absolute atomic E-state index is 11.9. The molecule has 0 heterocycles. The molecule has 0 radical (unpaired) electrons. The molecule has 0 aliphatic heterocycles. The summed E-state index contributed by atoms with van der Waals surface area (Å²) >= 11 is 5.81. The lowest BCUT2D eigenvalue weighted by Gasteiger charge is -2.33. The number of nitrogens with one attached hydrogen (secondary N) is 1. The number of amides is 1.